The van der Waals surface area contributed by atoms with Crippen LogP contribution in [0.3, 0.4) is 0 Å². The second kappa shape index (κ2) is 5.85. The highest BCUT2D eigenvalue weighted by Gasteiger charge is 2.16. The van der Waals surface area contributed by atoms with Crippen LogP contribution in [0.4, 0.5) is 8.78 Å². The molecule has 0 fully saturated rings. The Bertz CT molecular complexity index is 989. The maximum atomic E-state index is 13.9. The summed E-state index contributed by atoms with van der Waals surface area (Å²) in [5.41, 5.74) is 2.42. The molecular weight excluding hydrogens is 308 g/mol. The lowest BCUT2D eigenvalue weighted by Gasteiger charge is -1.99. The van der Waals surface area contributed by atoms with Gasteiger partial charge in [-0.1, -0.05) is 36.4 Å². The number of hydrogen-bond donors (Lipinski definition) is 1. The van der Waals surface area contributed by atoms with E-state index in [2.05, 4.69) is 9.97 Å². The highest BCUT2D eigenvalue weighted by Crippen LogP contribution is 2.25. The Balaban J connectivity index is 1.74. The zero-order valence-electron chi connectivity index (χ0n) is 12.7. The van der Waals surface area contributed by atoms with E-state index >= 15 is 0 Å². The van der Waals surface area contributed by atoms with Gasteiger partial charge in [-0.15, -0.1) is 0 Å². The highest BCUT2D eigenvalue weighted by atomic mass is 19.1. The van der Waals surface area contributed by atoms with E-state index in [4.69, 9.17) is 0 Å². The van der Waals surface area contributed by atoms with Gasteiger partial charge >= 0.3 is 0 Å². The lowest BCUT2D eigenvalue weighted by Crippen LogP contribution is -2.33. The Hall–Kier alpha value is -3.08. The molecule has 2 aromatic carbocycles. The van der Waals surface area contributed by atoms with E-state index in [1.165, 1.54) is 23.8 Å². The van der Waals surface area contributed by atoms with Gasteiger partial charge in [0.1, 0.15) is 28.5 Å². The molecule has 0 aliphatic rings. The topological polar surface area (TPSA) is 32.6 Å². The molecule has 0 bridgehead atoms. The third-order valence-corrected chi connectivity index (χ3v) is 3.89. The van der Waals surface area contributed by atoms with Crippen LogP contribution in [-0.4, -0.2) is 9.97 Å². The number of nitrogens with zero attached hydrogens (tertiary/aromatic N) is 2. The minimum atomic E-state index is -0.633. The predicted molar refractivity (Wildman–Crippen MR) is 87.2 cm³/mol. The average molecular weight is 322 g/mol. The van der Waals surface area contributed by atoms with Gasteiger partial charge in [0.2, 0.25) is 0 Å². The first kappa shape index (κ1) is 14.5. The molecule has 3 nitrogen and oxygen atoms in total. The monoisotopic (exact) mass is 322 g/mol. The Kier molecular flexibility index (Phi) is 3.54. The summed E-state index contributed by atoms with van der Waals surface area (Å²) in [6.45, 7) is 0.708. The molecule has 24 heavy (non-hydrogen) atoms. The fourth-order valence-corrected chi connectivity index (χ4v) is 2.74. The van der Waals surface area contributed by atoms with Gasteiger partial charge in [0.05, 0.1) is 5.56 Å². The summed E-state index contributed by atoms with van der Waals surface area (Å²) in [6, 6.07) is 15.7. The van der Waals surface area contributed by atoms with Gasteiger partial charge < -0.3 is 4.98 Å². The van der Waals surface area contributed by atoms with Crippen molar-refractivity contribution in [3.8, 4) is 11.4 Å². The number of hydrogen-bond acceptors (Lipinski definition) is 1. The van der Waals surface area contributed by atoms with Crippen molar-refractivity contribution in [1.82, 2.24) is 9.97 Å². The average Bonchev–Trinajstić information content (AvgIpc) is 2.98. The van der Waals surface area contributed by atoms with E-state index in [9.17, 15) is 8.78 Å². The standard InChI is InChI=1S/C19H13F2N3/c20-14-7-4-8-15(21)18(14)19-22-16-9-10-24(12-17(16)23-19)11-13-5-2-1-3-6-13/h1-10,12H,11H2/p+1. The largest absolute Gasteiger partial charge is 0.333 e. The first-order chi connectivity index (χ1) is 11.7. The van der Waals surface area contributed by atoms with E-state index in [0.717, 1.165) is 5.52 Å². The molecule has 0 aliphatic heterocycles. The van der Waals surface area contributed by atoms with Gasteiger partial charge in [0.15, 0.2) is 18.9 Å². The summed E-state index contributed by atoms with van der Waals surface area (Å²) in [4.78, 5) is 7.31. The van der Waals surface area contributed by atoms with E-state index in [-0.39, 0.29) is 11.4 Å². The van der Waals surface area contributed by atoms with Crippen LogP contribution in [0.15, 0.2) is 67.0 Å². The van der Waals surface area contributed by atoms with Crippen molar-refractivity contribution < 1.29 is 13.3 Å². The molecule has 0 amide bonds. The number of nitrogens with one attached hydrogen (secondary N) is 1. The Morgan fingerprint density at radius 1 is 0.917 bits per heavy atom. The van der Waals surface area contributed by atoms with Crippen LogP contribution in [0.2, 0.25) is 0 Å². The van der Waals surface area contributed by atoms with Crippen molar-refractivity contribution in [3.05, 3.63) is 84.2 Å². The fourth-order valence-electron chi connectivity index (χ4n) is 2.74. The molecule has 2 heterocycles. The summed E-state index contributed by atoms with van der Waals surface area (Å²) in [7, 11) is 0. The molecule has 4 aromatic rings. The molecule has 0 saturated carbocycles. The number of fused-ring (bicyclic) bond motifs is 1. The van der Waals surface area contributed by atoms with Gasteiger partial charge in [-0.2, -0.15) is 4.57 Å². The quantitative estimate of drug-likeness (QED) is 0.571. The summed E-state index contributed by atoms with van der Waals surface area (Å²) in [6.07, 6.45) is 3.79. The van der Waals surface area contributed by atoms with E-state index in [1.54, 1.807) is 0 Å². The number of aromatic amines is 1. The van der Waals surface area contributed by atoms with Gasteiger partial charge in [0, 0.05) is 11.6 Å². The second-order valence-electron chi connectivity index (χ2n) is 5.58. The smallest absolute Gasteiger partial charge is 0.195 e. The minimum Gasteiger partial charge on any atom is -0.333 e. The summed E-state index contributed by atoms with van der Waals surface area (Å²) in [5, 5.41) is 0. The maximum Gasteiger partial charge on any atom is 0.195 e. The molecule has 5 heteroatoms. The number of aromatic nitrogens is 3. The Labute approximate surface area is 137 Å². The summed E-state index contributed by atoms with van der Waals surface area (Å²) >= 11 is 0. The second-order valence-corrected chi connectivity index (χ2v) is 5.58. The molecule has 118 valence electrons. The Morgan fingerprint density at radius 2 is 1.67 bits per heavy atom. The molecule has 2 aromatic heterocycles. The van der Waals surface area contributed by atoms with Crippen LogP contribution in [0.1, 0.15) is 5.56 Å². The lowest BCUT2D eigenvalue weighted by molar-refractivity contribution is -0.687. The molecular formula is C19H14F2N3+. The number of pyridine rings is 1. The van der Waals surface area contributed by atoms with Crippen molar-refractivity contribution in [2.75, 3.05) is 0 Å². The normalized spacial score (nSPS) is 11.1. The minimum absolute atomic E-state index is 0.136. The number of rotatable bonds is 3. The molecule has 0 saturated heterocycles. The molecule has 0 spiro atoms. The van der Waals surface area contributed by atoms with Crippen molar-refractivity contribution >= 4 is 11.0 Å². The zero-order valence-corrected chi connectivity index (χ0v) is 12.7. The first-order valence-electron chi connectivity index (χ1n) is 7.58. The Morgan fingerprint density at radius 3 is 2.42 bits per heavy atom. The van der Waals surface area contributed by atoms with Crippen molar-refractivity contribution in [2.24, 2.45) is 0 Å². The molecule has 0 unspecified atom stereocenters. The third-order valence-electron chi connectivity index (χ3n) is 3.89. The van der Waals surface area contributed by atoms with Crippen molar-refractivity contribution in [3.63, 3.8) is 0 Å². The third kappa shape index (κ3) is 2.65. The van der Waals surface area contributed by atoms with Gasteiger partial charge in [-0.05, 0) is 12.1 Å². The summed E-state index contributed by atoms with van der Waals surface area (Å²) in [5.74, 6) is -1.07. The van der Waals surface area contributed by atoms with E-state index in [0.29, 0.717) is 12.1 Å². The van der Waals surface area contributed by atoms with E-state index in [1.807, 2.05) is 53.4 Å². The zero-order chi connectivity index (χ0) is 16.5. The van der Waals surface area contributed by atoms with Crippen LogP contribution in [0, 0.1) is 11.6 Å². The molecule has 0 aliphatic carbocycles. The molecule has 0 radical (unpaired) electrons. The van der Waals surface area contributed by atoms with Gasteiger partial charge in [-0.3, -0.25) is 0 Å². The van der Waals surface area contributed by atoms with Crippen molar-refractivity contribution in [2.45, 2.75) is 6.54 Å². The van der Waals surface area contributed by atoms with Crippen LogP contribution in [-0.2, 0) is 6.54 Å². The lowest BCUT2D eigenvalue weighted by atomic mass is 10.2. The molecule has 4 rings (SSSR count). The van der Waals surface area contributed by atoms with E-state index < -0.39 is 11.6 Å². The number of H-pyrrole nitrogens is 1. The van der Waals surface area contributed by atoms with Crippen molar-refractivity contribution in [1.29, 1.82) is 0 Å². The van der Waals surface area contributed by atoms with Crippen LogP contribution < -0.4 is 4.57 Å². The fraction of sp³-hybridized carbons (Fsp3) is 0.0526. The van der Waals surface area contributed by atoms with Crippen LogP contribution >= 0.6 is 0 Å². The number of halogens is 2. The molecule has 1 N–H and O–H groups in total. The van der Waals surface area contributed by atoms with Gasteiger partial charge in [0.25, 0.3) is 0 Å². The van der Waals surface area contributed by atoms with Crippen LogP contribution in [0.5, 0.6) is 0 Å². The summed E-state index contributed by atoms with van der Waals surface area (Å²) < 4.78 is 29.8. The maximum absolute atomic E-state index is 13.9. The first-order valence-corrected chi connectivity index (χ1v) is 7.58. The highest BCUT2D eigenvalue weighted by molar-refractivity contribution is 5.77. The number of benzene rings is 2. The number of imidazole rings is 1. The van der Waals surface area contributed by atoms with Crippen LogP contribution in [0.25, 0.3) is 22.4 Å². The van der Waals surface area contributed by atoms with Gasteiger partial charge in [-0.25, -0.2) is 13.8 Å². The molecule has 0 atom stereocenters. The SMILES string of the molecule is Fc1cccc(F)c1-c1nc2cc[n+](Cc3ccccc3)cc2[nH]1. The predicted octanol–water partition coefficient (Wildman–Crippen LogP) is 3.84.